The summed E-state index contributed by atoms with van der Waals surface area (Å²) in [7, 11) is 0. The summed E-state index contributed by atoms with van der Waals surface area (Å²) in [6.07, 6.45) is 2.52. The van der Waals surface area contributed by atoms with Crippen molar-refractivity contribution in [3.63, 3.8) is 0 Å². The Labute approximate surface area is 164 Å². The summed E-state index contributed by atoms with van der Waals surface area (Å²) in [4.78, 5) is 36.3. The molecule has 28 heavy (non-hydrogen) atoms. The Bertz CT molecular complexity index is 880. The second-order valence-corrected chi connectivity index (χ2v) is 7.71. The zero-order valence-corrected chi connectivity index (χ0v) is 16.0. The van der Waals surface area contributed by atoms with E-state index in [4.69, 9.17) is 0 Å². The maximum absolute atomic E-state index is 12.3. The number of benzene rings is 2. The lowest BCUT2D eigenvalue weighted by Gasteiger charge is -2.36. The molecule has 0 spiro atoms. The van der Waals surface area contributed by atoms with E-state index >= 15 is 0 Å². The van der Waals surface area contributed by atoms with Gasteiger partial charge in [-0.3, -0.25) is 9.59 Å². The van der Waals surface area contributed by atoms with Crippen molar-refractivity contribution in [2.75, 3.05) is 6.54 Å². The van der Waals surface area contributed by atoms with E-state index in [9.17, 15) is 19.5 Å². The standard InChI is InChI=1S/C22H26N2O4/c1-15-9-11-22(12-10-15,21(27)28)24-20(26)14-23-19(25)13-17-7-4-6-16-5-2-3-8-18(16)17/h2-8,15H,9-14H2,1H3,(H,23,25)(H,24,26)(H,27,28). The zero-order valence-electron chi connectivity index (χ0n) is 16.0. The second kappa shape index (κ2) is 8.42. The van der Waals surface area contributed by atoms with E-state index < -0.39 is 17.4 Å². The van der Waals surface area contributed by atoms with Gasteiger partial charge in [-0.2, -0.15) is 0 Å². The van der Waals surface area contributed by atoms with Crippen molar-refractivity contribution in [2.45, 2.75) is 44.6 Å². The first kappa shape index (κ1) is 19.9. The predicted octanol–water partition coefficient (Wildman–Crippen LogP) is 2.65. The summed E-state index contributed by atoms with van der Waals surface area (Å²) in [6.45, 7) is 1.86. The van der Waals surface area contributed by atoms with Gasteiger partial charge < -0.3 is 15.7 Å². The molecule has 1 aliphatic carbocycles. The Morgan fingerprint density at radius 1 is 1.04 bits per heavy atom. The van der Waals surface area contributed by atoms with Crippen molar-refractivity contribution in [3.05, 3.63) is 48.0 Å². The van der Waals surface area contributed by atoms with E-state index in [0.29, 0.717) is 18.8 Å². The van der Waals surface area contributed by atoms with E-state index in [1.165, 1.54) is 0 Å². The number of hydrogen-bond donors (Lipinski definition) is 3. The molecule has 6 nitrogen and oxygen atoms in total. The smallest absolute Gasteiger partial charge is 0.329 e. The second-order valence-electron chi connectivity index (χ2n) is 7.71. The predicted molar refractivity (Wildman–Crippen MR) is 107 cm³/mol. The highest BCUT2D eigenvalue weighted by Gasteiger charge is 2.42. The Balaban J connectivity index is 1.56. The fourth-order valence-corrected chi connectivity index (χ4v) is 3.82. The summed E-state index contributed by atoms with van der Waals surface area (Å²) in [5, 5.41) is 16.9. The molecule has 0 aromatic heterocycles. The van der Waals surface area contributed by atoms with Crippen LogP contribution in [0.5, 0.6) is 0 Å². The van der Waals surface area contributed by atoms with Crippen LogP contribution in [0.4, 0.5) is 0 Å². The molecule has 0 heterocycles. The quantitative estimate of drug-likeness (QED) is 0.716. The van der Waals surface area contributed by atoms with Crippen molar-refractivity contribution >= 4 is 28.6 Å². The molecule has 148 valence electrons. The number of nitrogens with one attached hydrogen (secondary N) is 2. The number of hydrogen-bond acceptors (Lipinski definition) is 3. The molecule has 1 aliphatic rings. The largest absolute Gasteiger partial charge is 0.480 e. The normalized spacial score (nSPS) is 21.8. The topological polar surface area (TPSA) is 95.5 Å². The monoisotopic (exact) mass is 382 g/mol. The number of amides is 2. The van der Waals surface area contributed by atoms with Crippen LogP contribution in [0, 0.1) is 5.92 Å². The first-order valence-electron chi connectivity index (χ1n) is 9.67. The summed E-state index contributed by atoms with van der Waals surface area (Å²) >= 11 is 0. The van der Waals surface area contributed by atoms with Crippen LogP contribution in [0.25, 0.3) is 10.8 Å². The lowest BCUT2D eigenvalue weighted by molar-refractivity contribution is -0.149. The summed E-state index contributed by atoms with van der Waals surface area (Å²) in [6, 6.07) is 13.6. The van der Waals surface area contributed by atoms with Crippen LogP contribution in [0.15, 0.2) is 42.5 Å². The molecule has 0 saturated heterocycles. The van der Waals surface area contributed by atoms with Crippen LogP contribution >= 0.6 is 0 Å². The SMILES string of the molecule is CC1CCC(NC(=O)CNC(=O)Cc2cccc3ccccc23)(C(=O)O)CC1. The highest BCUT2D eigenvalue weighted by molar-refractivity contribution is 5.93. The van der Waals surface area contributed by atoms with Crippen LogP contribution in [0.2, 0.25) is 0 Å². The van der Waals surface area contributed by atoms with Crippen molar-refractivity contribution in [1.82, 2.24) is 10.6 Å². The molecule has 0 bridgehead atoms. The van der Waals surface area contributed by atoms with Gasteiger partial charge in [0.2, 0.25) is 11.8 Å². The molecule has 3 N–H and O–H groups in total. The van der Waals surface area contributed by atoms with Gasteiger partial charge in [0.15, 0.2) is 0 Å². The van der Waals surface area contributed by atoms with Crippen molar-refractivity contribution in [3.8, 4) is 0 Å². The number of carbonyl (C=O) groups is 3. The minimum absolute atomic E-state index is 0.163. The van der Waals surface area contributed by atoms with Crippen molar-refractivity contribution in [1.29, 1.82) is 0 Å². The van der Waals surface area contributed by atoms with E-state index in [0.717, 1.165) is 29.2 Å². The molecule has 2 amide bonds. The van der Waals surface area contributed by atoms with Crippen LogP contribution in [-0.2, 0) is 20.8 Å². The van der Waals surface area contributed by atoms with Crippen LogP contribution in [0.3, 0.4) is 0 Å². The van der Waals surface area contributed by atoms with E-state index in [-0.39, 0.29) is 18.9 Å². The molecule has 6 heteroatoms. The molecule has 2 aromatic rings. The van der Waals surface area contributed by atoms with Gasteiger partial charge in [-0.15, -0.1) is 0 Å². The summed E-state index contributed by atoms with van der Waals surface area (Å²) in [5.41, 5.74) is -0.330. The Morgan fingerprint density at radius 3 is 2.43 bits per heavy atom. The van der Waals surface area contributed by atoms with Gasteiger partial charge in [0.05, 0.1) is 13.0 Å². The molecule has 1 saturated carbocycles. The third kappa shape index (κ3) is 4.50. The molecule has 0 atom stereocenters. The van der Waals surface area contributed by atoms with Crippen LogP contribution < -0.4 is 10.6 Å². The third-order valence-electron chi connectivity index (χ3n) is 5.59. The fourth-order valence-electron chi connectivity index (χ4n) is 3.82. The van der Waals surface area contributed by atoms with Gasteiger partial charge in [-0.25, -0.2) is 4.79 Å². The van der Waals surface area contributed by atoms with E-state index in [1.54, 1.807) is 0 Å². The maximum atomic E-state index is 12.3. The first-order chi connectivity index (χ1) is 13.4. The van der Waals surface area contributed by atoms with Gasteiger partial charge in [-0.1, -0.05) is 49.4 Å². The number of rotatable bonds is 6. The Hall–Kier alpha value is -2.89. The molecule has 3 rings (SSSR count). The third-order valence-corrected chi connectivity index (χ3v) is 5.59. The van der Waals surface area contributed by atoms with Crippen molar-refractivity contribution in [2.24, 2.45) is 5.92 Å². The maximum Gasteiger partial charge on any atom is 0.329 e. The number of carboxylic acid groups (broad SMARTS) is 1. The summed E-state index contributed by atoms with van der Waals surface area (Å²) in [5.74, 6) is -1.28. The minimum atomic E-state index is -1.22. The Kier molecular flexibility index (Phi) is 5.97. The zero-order chi connectivity index (χ0) is 20.1. The van der Waals surface area contributed by atoms with Crippen LogP contribution in [0.1, 0.15) is 38.2 Å². The highest BCUT2D eigenvalue weighted by Crippen LogP contribution is 2.32. The van der Waals surface area contributed by atoms with Gasteiger partial charge in [0.25, 0.3) is 0 Å². The summed E-state index contributed by atoms with van der Waals surface area (Å²) < 4.78 is 0. The average molecular weight is 382 g/mol. The molecule has 0 radical (unpaired) electrons. The van der Waals surface area contributed by atoms with Gasteiger partial charge in [0, 0.05) is 0 Å². The first-order valence-corrected chi connectivity index (χ1v) is 9.67. The van der Waals surface area contributed by atoms with Crippen molar-refractivity contribution < 1.29 is 19.5 Å². The Morgan fingerprint density at radius 2 is 1.71 bits per heavy atom. The molecular weight excluding hydrogens is 356 g/mol. The molecule has 2 aromatic carbocycles. The number of carbonyl (C=O) groups excluding carboxylic acids is 2. The average Bonchev–Trinajstić information content (AvgIpc) is 2.68. The van der Waals surface area contributed by atoms with Gasteiger partial charge in [-0.05, 0) is 47.9 Å². The lowest BCUT2D eigenvalue weighted by atomic mass is 9.77. The number of fused-ring (bicyclic) bond motifs is 1. The lowest BCUT2D eigenvalue weighted by Crippen LogP contribution is -2.58. The van der Waals surface area contributed by atoms with E-state index in [2.05, 4.69) is 17.6 Å². The molecule has 0 unspecified atom stereocenters. The molecule has 0 aliphatic heterocycles. The van der Waals surface area contributed by atoms with Gasteiger partial charge in [0.1, 0.15) is 5.54 Å². The number of carboxylic acids is 1. The minimum Gasteiger partial charge on any atom is -0.480 e. The van der Waals surface area contributed by atoms with Crippen LogP contribution in [-0.4, -0.2) is 35.0 Å². The highest BCUT2D eigenvalue weighted by atomic mass is 16.4. The van der Waals surface area contributed by atoms with Gasteiger partial charge >= 0.3 is 5.97 Å². The number of aliphatic carboxylic acids is 1. The molecular formula is C22H26N2O4. The molecule has 1 fully saturated rings. The fraction of sp³-hybridized carbons (Fsp3) is 0.409. The van der Waals surface area contributed by atoms with E-state index in [1.807, 2.05) is 42.5 Å².